The number of hydrogen-bond acceptors (Lipinski definition) is 5. The second-order valence-corrected chi connectivity index (χ2v) is 6.41. The molecule has 0 amide bonds. The SMILES string of the molecule is CC(OS(C)(=O)=O)c1cc2cc(-n3cnnc3)ccc2[nH]1. The van der Waals surface area contributed by atoms with Crippen LogP contribution in [0.5, 0.6) is 0 Å². The van der Waals surface area contributed by atoms with Crippen LogP contribution in [0.3, 0.4) is 0 Å². The van der Waals surface area contributed by atoms with Crippen LogP contribution >= 0.6 is 0 Å². The molecule has 7 nitrogen and oxygen atoms in total. The minimum atomic E-state index is -3.49. The number of fused-ring (bicyclic) bond motifs is 1. The van der Waals surface area contributed by atoms with Crippen LogP contribution in [0.15, 0.2) is 36.9 Å². The van der Waals surface area contributed by atoms with Crippen LogP contribution in [0.2, 0.25) is 0 Å². The van der Waals surface area contributed by atoms with E-state index in [0.29, 0.717) is 5.69 Å². The Morgan fingerprint density at radius 3 is 2.62 bits per heavy atom. The van der Waals surface area contributed by atoms with E-state index in [1.54, 1.807) is 24.1 Å². The van der Waals surface area contributed by atoms with Gasteiger partial charge in [-0.05, 0) is 31.2 Å². The third kappa shape index (κ3) is 2.96. The predicted molar refractivity (Wildman–Crippen MR) is 77.6 cm³/mol. The number of aromatic nitrogens is 4. The maximum atomic E-state index is 11.2. The Hall–Kier alpha value is -2.19. The smallest absolute Gasteiger partial charge is 0.265 e. The van der Waals surface area contributed by atoms with E-state index in [2.05, 4.69) is 15.2 Å². The first-order valence-electron chi connectivity index (χ1n) is 6.28. The summed E-state index contributed by atoms with van der Waals surface area (Å²) in [6, 6.07) is 7.68. The fourth-order valence-electron chi connectivity index (χ4n) is 2.17. The second-order valence-electron chi connectivity index (χ2n) is 4.81. The van der Waals surface area contributed by atoms with Gasteiger partial charge in [0.05, 0.1) is 6.26 Å². The third-order valence-corrected chi connectivity index (χ3v) is 3.74. The molecule has 1 atom stereocenters. The van der Waals surface area contributed by atoms with Crippen molar-refractivity contribution in [2.24, 2.45) is 0 Å². The number of rotatable bonds is 4. The average Bonchev–Trinajstić information content (AvgIpc) is 3.05. The minimum absolute atomic E-state index is 0.564. The van der Waals surface area contributed by atoms with E-state index in [4.69, 9.17) is 4.18 Å². The molecular formula is C13H14N4O3S. The Morgan fingerprint density at radius 1 is 1.24 bits per heavy atom. The molecule has 1 unspecified atom stereocenters. The van der Waals surface area contributed by atoms with Crippen molar-refractivity contribution in [3.8, 4) is 5.69 Å². The van der Waals surface area contributed by atoms with Crippen LogP contribution < -0.4 is 0 Å². The van der Waals surface area contributed by atoms with Crippen molar-refractivity contribution >= 4 is 21.0 Å². The van der Waals surface area contributed by atoms with E-state index in [0.717, 1.165) is 22.8 Å². The standard InChI is InChI=1S/C13H14N4O3S/c1-9(20-21(2,18)19)13-6-10-5-11(3-4-12(10)16-13)17-7-14-15-8-17/h3-9,16H,1-2H3. The molecule has 0 radical (unpaired) electrons. The molecule has 0 aliphatic heterocycles. The quantitative estimate of drug-likeness (QED) is 0.742. The molecule has 21 heavy (non-hydrogen) atoms. The molecule has 3 aromatic rings. The lowest BCUT2D eigenvalue weighted by molar-refractivity contribution is 0.232. The van der Waals surface area contributed by atoms with Crippen LogP contribution in [0.1, 0.15) is 18.7 Å². The maximum Gasteiger partial charge on any atom is 0.265 e. The van der Waals surface area contributed by atoms with E-state index in [1.807, 2.05) is 24.3 Å². The minimum Gasteiger partial charge on any atom is -0.356 e. The maximum absolute atomic E-state index is 11.2. The first-order valence-corrected chi connectivity index (χ1v) is 8.10. The summed E-state index contributed by atoms with van der Waals surface area (Å²) < 4.78 is 29.1. The fraction of sp³-hybridized carbons (Fsp3) is 0.231. The third-order valence-electron chi connectivity index (χ3n) is 3.10. The zero-order chi connectivity index (χ0) is 15.0. The summed E-state index contributed by atoms with van der Waals surface area (Å²) in [6.07, 6.45) is 3.70. The number of hydrogen-bond donors (Lipinski definition) is 1. The van der Waals surface area contributed by atoms with Crippen molar-refractivity contribution in [1.29, 1.82) is 0 Å². The molecule has 3 rings (SSSR count). The monoisotopic (exact) mass is 306 g/mol. The summed E-state index contributed by atoms with van der Waals surface area (Å²) in [7, 11) is -3.49. The zero-order valence-electron chi connectivity index (χ0n) is 11.5. The van der Waals surface area contributed by atoms with Gasteiger partial charge in [-0.25, -0.2) is 0 Å². The molecule has 2 heterocycles. The van der Waals surface area contributed by atoms with Crippen molar-refractivity contribution in [2.45, 2.75) is 13.0 Å². The molecule has 2 aromatic heterocycles. The lowest BCUT2D eigenvalue weighted by Crippen LogP contribution is -2.07. The molecule has 1 aromatic carbocycles. The highest BCUT2D eigenvalue weighted by Gasteiger charge is 2.15. The highest BCUT2D eigenvalue weighted by Crippen LogP contribution is 2.25. The number of aromatic amines is 1. The van der Waals surface area contributed by atoms with Gasteiger partial charge < -0.3 is 4.98 Å². The van der Waals surface area contributed by atoms with E-state index in [9.17, 15) is 8.42 Å². The first-order chi connectivity index (χ1) is 9.92. The van der Waals surface area contributed by atoms with Crippen LogP contribution in [0, 0.1) is 0 Å². The fourth-order valence-corrected chi connectivity index (χ4v) is 2.80. The van der Waals surface area contributed by atoms with Crippen molar-refractivity contribution in [2.75, 3.05) is 6.26 Å². The molecule has 0 bridgehead atoms. The molecule has 0 spiro atoms. The van der Waals surface area contributed by atoms with Crippen molar-refractivity contribution in [3.05, 3.63) is 42.6 Å². The Kier molecular flexibility index (Phi) is 3.26. The van der Waals surface area contributed by atoms with Gasteiger partial charge >= 0.3 is 0 Å². The number of nitrogens with one attached hydrogen (secondary N) is 1. The molecule has 8 heteroatoms. The summed E-state index contributed by atoms with van der Waals surface area (Å²) >= 11 is 0. The summed E-state index contributed by atoms with van der Waals surface area (Å²) in [5, 5.41) is 8.50. The van der Waals surface area contributed by atoms with Gasteiger partial charge in [0.2, 0.25) is 0 Å². The van der Waals surface area contributed by atoms with Crippen LogP contribution in [-0.2, 0) is 14.3 Å². The normalized spacial score (nSPS) is 13.6. The van der Waals surface area contributed by atoms with Crippen LogP contribution in [0.4, 0.5) is 0 Å². The Balaban J connectivity index is 1.97. The van der Waals surface area contributed by atoms with Crippen molar-refractivity contribution in [3.63, 3.8) is 0 Å². The number of nitrogens with zero attached hydrogens (tertiary/aromatic N) is 3. The average molecular weight is 306 g/mol. The molecular weight excluding hydrogens is 292 g/mol. The van der Waals surface area contributed by atoms with Gasteiger partial charge in [0.15, 0.2) is 0 Å². The number of H-pyrrole nitrogens is 1. The van der Waals surface area contributed by atoms with Gasteiger partial charge in [0, 0.05) is 22.3 Å². The second kappa shape index (κ2) is 4.97. The highest BCUT2D eigenvalue weighted by molar-refractivity contribution is 7.86. The largest absolute Gasteiger partial charge is 0.356 e. The zero-order valence-corrected chi connectivity index (χ0v) is 12.3. The molecule has 0 fully saturated rings. The summed E-state index contributed by atoms with van der Waals surface area (Å²) in [6.45, 7) is 1.69. The molecule has 0 aliphatic rings. The van der Waals surface area contributed by atoms with Gasteiger partial charge in [0.25, 0.3) is 10.1 Å². The lowest BCUT2D eigenvalue weighted by Gasteiger charge is -2.08. The van der Waals surface area contributed by atoms with E-state index >= 15 is 0 Å². The van der Waals surface area contributed by atoms with Gasteiger partial charge in [-0.15, -0.1) is 10.2 Å². The predicted octanol–water partition coefficient (Wildman–Crippen LogP) is 1.79. The Bertz CT molecular complexity index is 868. The van der Waals surface area contributed by atoms with Gasteiger partial charge in [-0.3, -0.25) is 8.75 Å². The molecule has 1 N–H and O–H groups in total. The number of benzene rings is 1. The topological polar surface area (TPSA) is 89.9 Å². The lowest BCUT2D eigenvalue weighted by atomic mass is 10.2. The van der Waals surface area contributed by atoms with Crippen molar-refractivity contribution in [1.82, 2.24) is 19.7 Å². The molecule has 0 aliphatic carbocycles. The van der Waals surface area contributed by atoms with E-state index in [-0.39, 0.29) is 0 Å². The van der Waals surface area contributed by atoms with Crippen molar-refractivity contribution < 1.29 is 12.6 Å². The summed E-state index contributed by atoms with van der Waals surface area (Å²) in [4.78, 5) is 3.16. The first kappa shape index (κ1) is 13.8. The van der Waals surface area contributed by atoms with Crippen LogP contribution in [0.25, 0.3) is 16.6 Å². The van der Waals surface area contributed by atoms with E-state index < -0.39 is 16.2 Å². The molecule has 110 valence electrons. The highest BCUT2D eigenvalue weighted by atomic mass is 32.2. The summed E-state index contributed by atoms with van der Waals surface area (Å²) in [5.74, 6) is 0. The Labute approximate surface area is 121 Å². The van der Waals surface area contributed by atoms with Gasteiger partial charge in [-0.1, -0.05) is 0 Å². The van der Waals surface area contributed by atoms with Gasteiger partial charge in [0.1, 0.15) is 18.8 Å². The Morgan fingerprint density at radius 2 is 1.95 bits per heavy atom. The summed E-state index contributed by atoms with van der Waals surface area (Å²) in [5.41, 5.74) is 2.54. The molecule has 0 saturated heterocycles. The van der Waals surface area contributed by atoms with Gasteiger partial charge in [-0.2, -0.15) is 8.42 Å². The van der Waals surface area contributed by atoms with Crippen LogP contribution in [-0.4, -0.2) is 34.4 Å². The molecule has 0 saturated carbocycles. The van der Waals surface area contributed by atoms with E-state index in [1.165, 1.54) is 0 Å².